The molecule has 1 aromatic heterocycles. The molecule has 132 valence electrons. The van der Waals surface area contributed by atoms with Crippen molar-refractivity contribution in [3.05, 3.63) is 64.2 Å². The first kappa shape index (κ1) is 17.8. The number of carbonyl (C=O) groups is 1. The van der Waals surface area contributed by atoms with Gasteiger partial charge in [-0.3, -0.25) is 9.78 Å². The maximum Gasteiger partial charge on any atom is 0.262 e. The Hall–Kier alpha value is -2.05. The molecule has 2 aromatic rings. The Balaban J connectivity index is 1.81. The van der Waals surface area contributed by atoms with E-state index in [1.807, 2.05) is 0 Å². The smallest absolute Gasteiger partial charge is 0.262 e. The van der Waals surface area contributed by atoms with Gasteiger partial charge in [-0.25, -0.2) is 8.78 Å². The average Bonchev–Trinajstić information content (AvgIpc) is 2.61. The quantitative estimate of drug-likeness (QED) is 0.894. The van der Waals surface area contributed by atoms with Crippen molar-refractivity contribution >= 4 is 17.5 Å². The largest absolute Gasteiger partial charge is 0.375 e. The predicted octanol–water partition coefficient (Wildman–Crippen LogP) is 3.84. The van der Waals surface area contributed by atoms with E-state index < -0.39 is 17.4 Å². The highest BCUT2D eigenvalue weighted by molar-refractivity contribution is 6.31. The van der Waals surface area contributed by atoms with E-state index in [-0.39, 0.29) is 29.7 Å². The van der Waals surface area contributed by atoms with Crippen LogP contribution in [0.3, 0.4) is 0 Å². The number of carbonyl (C=O) groups excluding carboxylic acids is 1. The van der Waals surface area contributed by atoms with Crippen molar-refractivity contribution in [2.45, 2.75) is 31.2 Å². The Labute approximate surface area is 149 Å². The molecule has 1 aliphatic rings. The van der Waals surface area contributed by atoms with Crippen molar-refractivity contribution in [3.8, 4) is 0 Å². The van der Waals surface area contributed by atoms with Gasteiger partial charge in [0, 0.05) is 30.4 Å². The number of nitrogens with zero attached hydrogens (tertiary/aromatic N) is 1. The Morgan fingerprint density at radius 3 is 3.00 bits per heavy atom. The maximum atomic E-state index is 15.5. The Morgan fingerprint density at radius 1 is 1.48 bits per heavy atom. The van der Waals surface area contributed by atoms with Crippen molar-refractivity contribution in [1.29, 1.82) is 0 Å². The van der Waals surface area contributed by atoms with E-state index in [1.54, 1.807) is 18.3 Å². The number of aromatic nitrogens is 1. The van der Waals surface area contributed by atoms with Crippen LogP contribution in [0.2, 0.25) is 5.02 Å². The van der Waals surface area contributed by atoms with Gasteiger partial charge in [0.25, 0.3) is 5.91 Å². The van der Waals surface area contributed by atoms with Gasteiger partial charge >= 0.3 is 0 Å². The highest BCUT2D eigenvalue weighted by Crippen LogP contribution is 2.43. The number of fused-ring (bicyclic) bond motifs is 1. The number of methoxy groups -OCH3 is 1. The molecule has 25 heavy (non-hydrogen) atoms. The molecular formula is C18H17ClF2N2O2. The topological polar surface area (TPSA) is 51.2 Å². The highest BCUT2D eigenvalue weighted by atomic mass is 35.5. The lowest BCUT2D eigenvalue weighted by Gasteiger charge is -2.33. The first-order chi connectivity index (χ1) is 12.0. The summed E-state index contributed by atoms with van der Waals surface area (Å²) in [6.45, 7) is 0.00686. The third-order valence-corrected chi connectivity index (χ3v) is 4.77. The maximum absolute atomic E-state index is 15.5. The van der Waals surface area contributed by atoms with E-state index in [0.717, 1.165) is 6.07 Å². The molecule has 0 fully saturated rings. The molecule has 1 N–H and O–H groups in total. The van der Waals surface area contributed by atoms with Gasteiger partial charge in [-0.05, 0) is 36.6 Å². The molecule has 1 heterocycles. The van der Waals surface area contributed by atoms with Crippen molar-refractivity contribution in [2.24, 2.45) is 0 Å². The summed E-state index contributed by atoms with van der Waals surface area (Å²) in [6, 6.07) is 6.99. The molecule has 1 aliphatic carbocycles. The van der Waals surface area contributed by atoms with E-state index >= 15 is 4.39 Å². The normalized spacial score (nSPS) is 22.3. The first-order valence-electron chi connectivity index (χ1n) is 7.85. The fourth-order valence-electron chi connectivity index (χ4n) is 3.06. The van der Waals surface area contributed by atoms with Crippen LogP contribution in [0.5, 0.6) is 0 Å². The molecule has 3 rings (SSSR count). The third kappa shape index (κ3) is 3.37. The SMILES string of the molecule is COC1CCC(F)(C(=O)NCc2ccc(F)cc2Cl)c2cccnc21. The van der Waals surface area contributed by atoms with Crippen molar-refractivity contribution in [3.63, 3.8) is 0 Å². The molecule has 7 heteroatoms. The van der Waals surface area contributed by atoms with Gasteiger partial charge in [0.05, 0.1) is 11.8 Å². The van der Waals surface area contributed by atoms with E-state index in [1.165, 1.54) is 19.2 Å². The van der Waals surface area contributed by atoms with Crippen LogP contribution in [-0.4, -0.2) is 18.0 Å². The van der Waals surface area contributed by atoms with Gasteiger partial charge in [-0.1, -0.05) is 23.7 Å². The number of alkyl halides is 1. The molecular weight excluding hydrogens is 350 g/mol. The van der Waals surface area contributed by atoms with Gasteiger partial charge < -0.3 is 10.1 Å². The molecule has 0 spiro atoms. The van der Waals surface area contributed by atoms with Crippen LogP contribution in [0.4, 0.5) is 8.78 Å². The fourth-order valence-corrected chi connectivity index (χ4v) is 3.29. The summed E-state index contributed by atoms with van der Waals surface area (Å²) in [4.78, 5) is 16.7. The number of hydrogen-bond donors (Lipinski definition) is 1. The predicted molar refractivity (Wildman–Crippen MR) is 89.3 cm³/mol. The van der Waals surface area contributed by atoms with Crippen molar-refractivity contribution in [2.75, 3.05) is 7.11 Å². The molecule has 4 nitrogen and oxygen atoms in total. The Bertz CT molecular complexity index is 802. The number of amides is 1. The summed E-state index contributed by atoms with van der Waals surface area (Å²) in [5, 5.41) is 2.73. The summed E-state index contributed by atoms with van der Waals surface area (Å²) in [6.07, 6.45) is 1.56. The van der Waals surface area contributed by atoms with Crippen LogP contribution >= 0.6 is 11.6 Å². The molecule has 2 atom stereocenters. The summed E-state index contributed by atoms with van der Waals surface area (Å²) in [5.41, 5.74) is -1.02. The highest BCUT2D eigenvalue weighted by Gasteiger charge is 2.47. The fraction of sp³-hybridized carbons (Fsp3) is 0.333. The summed E-state index contributed by atoms with van der Waals surface area (Å²) < 4.78 is 34.0. The minimum absolute atomic E-state index is 0.00676. The standard InChI is InChI=1S/C18H17ClF2N2O2/c1-25-15-6-7-18(21,13-3-2-8-22-16(13)15)17(24)23-10-11-4-5-12(20)9-14(11)19/h2-5,8-9,15H,6-7,10H2,1H3,(H,23,24). The Kier molecular flexibility index (Phi) is 5.01. The number of benzene rings is 1. The van der Waals surface area contributed by atoms with Crippen LogP contribution in [0, 0.1) is 5.82 Å². The molecule has 0 saturated heterocycles. The van der Waals surface area contributed by atoms with E-state index in [2.05, 4.69) is 10.3 Å². The van der Waals surface area contributed by atoms with Crippen molar-refractivity contribution < 1.29 is 18.3 Å². The Morgan fingerprint density at radius 2 is 2.28 bits per heavy atom. The number of pyridine rings is 1. The number of rotatable bonds is 4. The monoisotopic (exact) mass is 366 g/mol. The van der Waals surface area contributed by atoms with E-state index in [9.17, 15) is 9.18 Å². The van der Waals surface area contributed by atoms with Crippen LogP contribution < -0.4 is 5.32 Å². The molecule has 0 saturated carbocycles. The lowest BCUT2D eigenvalue weighted by molar-refractivity contribution is -0.135. The zero-order chi connectivity index (χ0) is 18.0. The third-order valence-electron chi connectivity index (χ3n) is 4.42. The molecule has 0 aliphatic heterocycles. The second kappa shape index (κ2) is 7.06. The second-order valence-corrected chi connectivity index (χ2v) is 6.33. The van der Waals surface area contributed by atoms with E-state index in [0.29, 0.717) is 17.7 Å². The number of nitrogens with one attached hydrogen (secondary N) is 1. The zero-order valence-corrected chi connectivity index (χ0v) is 14.3. The minimum atomic E-state index is -2.19. The van der Waals surface area contributed by atoms with Crippen LogP contribution in [-0.2, 0) is 21.7 Å². The van der Waals surface area contributed by atoms with Gasteiger partial charge in [0.15, 0.2) is 0 Å². The van der Waals surface area contributed by atoms with Crippen LogP contribution in [0.15, 0.2) is 36.5 Å². The number of hydrogen-bond acceptors (Lipinski definition) is 3. The summed E-state index contributed by atoms with van der Waals surface area (Å²) in [5.74, 6) is -1.24. The molecule has 0 radical (unpaired) electrons. The zero-order valence-electron chi connectivity index (χ0n) is 13.6. The first-order valence-corrected chi connectivity index (χ1v) is 8.23. The van der Waals surface area contributed by atoms with Crippen molar-refractivity contribution in [1.82, 2.24) is 10.3 Å². The molecule has 1 aromatic carbocycles. The second-order valence-electron chi connectivity index (χ2n) is 5.92. The lowest BCUT2D eigenvalue weighted by Crippen LogP contribution is -2.44. The summed E-state index contributed by atoms with van der Waals surface area (Å²) >= 11 is 5.94. The lowest BCUT2D eigenvalue weighted by atomic mass is 9.81. The van der Waals surface area contributed by atoms with Crippen LogP contribution in [0.25, 0.3) is 0 Å². The van der Waals surface area contributed by atoms with Gasteiger partial charge in [0.1, 0.15) is 5.82 Å². The van der Waals surface area contributed by atoms with Crippen LogP contribution in [0.1, 0.15) is 35.8 Å². The number of ether oxygens (including phenoxy) is 1. The molecule has 0 bridgehead atoms. The van der Waals surface area contributed by atoms with Gasteiger partial charge in [-0.15, -0.1) is 0 Å². The van der Waals surface area contributed by atoms with Gasteiger partial charge in [-0.2, -0.15) is 0 Å². The summed E-state index contributed by atoms with van der Waals surface area (Å²) in [7, 11) is 1.53. The van der Waals surface area contributed by atoms with E-state index in [4.69, 9.17) is 16.3 Å². The number of halogens is 3. The molecule has 1 amide bonds. The minimum Gasteiger partial charge on any atom is -0.375 e. The molecule has 2 unspecified atom stereocenters. The van der Waals surface area contributed by atoms with Gasteiger partial charge in [0.2, 0.25) is 5.67 Å². The average molecular weight is 367 g/mol.